The van der Waals surface area contributed by atoms with Crippen LogP contribution >= 0.6 is 23.2 Å². The minimum atomic E-state index is 0.548. The molecule has 0 aliphatic heterocycles. The van der Waals surface area contributed by atoms with Crippen LogP contribution in [0.15, 0.2) is 24.3 Å². The second-order valence-corrected chi connectivity index (χ2v) is 7.59. The molecule has 3 rings (SSSR count). The number of pyridine rings is 1. The molecule has 0 N–H and O–H groups in total. The number of nitrogens with zero attached hydrogens (tertiary/aromatic N) is 1. The van der Waals surface area contributed by atoms with Gasteiger partial charge in [-0.3, -0.25) is 4.98 Å². The quantitative estimate of drug-likeness (QED) is 0.457. The zero-order chi connectivity index (χ0) is 18.3. The van der Waals surface area contributed by atoms with Crippen LogP contribution in [0.5, 0.6) is 0 Å². The lowest BCUT2D eigenvalue weighted by Crippen LogP contribution is -2.00. The number of aromatic nitrogens is 1. The molecule has 3 aromatic rings. The number of fused-ring (bicyclic) bond motifs is 1. The van der Waals surface area contributed by atoms with Gasteiger partial charge in [-0.05, 0) is 74.4 Å². The van der Waals surface area contributed by atoms with Crippen molar-refractivity contribution in [1.82, 2.24) is 4.98 Å². The predicted octanol–water partition coefficient (Wildman–Crippen LogP) is 6.88. The van der Waals surface area contributed by atoms with Gasteiger partial charge >= 0.3 is 0 Å². The van der Waals surface area contributed by atoms with Gasteiger partial charge < -0.3 is 0 Å². The molecule has 1 aromatic heterocycles. The summed E-state index contributed by atoms with van der Waals surface area (Å²) in [5.74, 6) is 0.548. The highest BCUT2D eigenvalue weighted by Gasteiger charge is 2.16. The van der Waals surface area contributed by atoms with Crippen LogP contribution in [0.4, 0.5) is 0 Å². The molecule has 0 saturated heterocycles. The Morgan fingerprint density at radius 2 is 1.60 bits per heavy atom. The fourth-order valence-corrected chi connectivity index (χ4v) is 4.41. The minimum absolute atomic E-state index is 0.548. The van der Waals surface area contributed by atoms with E-state index >= 15 is 0 Å². The van der Waals surface area contributed by atoms with Crippen LogP contribution in [0.1, 0.15) is 33.5 Å². The number of hydrogen-bond acceptors (Lipinski definition) is 1. The third-order valence-corrected chi connectivity index (χ3v) is 5.56. The summed E-state index contributed by atoms with van der Waals surface area (Å²) in [6.07, 6.45) is 0.742. The fraction of sp³-hybridized carbons (Fsp3) is 0.318. The van der Waals surface area contributed by atoms with Gasteiger partial charge in [-0.2, -0.15) is 0 Å². The fourth-order valence-electron chi connectivity index (χ4n) is 3.84. The molecule has 130 valence electrons. The Hall–Kier alpha value is -1.57. The lowest BCUT2D eigenvalue weighted by Gasteiger charge is -2.17. The smallest absolute Gasteiger partial charge is 0.0755 e. The second kappa shape index (κ2) is 6.97. The highest BCUT2D eigenvalue weighted by Crippen LogP contribution is 2.37. The molecule has 0 fully saturated rings. The van der Waals surface area contributed by atoms with Crippen LogP contribution in [-0.2, 0) is 6.42 Å². The van der Waals surface area contributed by atoms with E-state index in [1.807, 2.05) is 6.92 Å². The van der Waals surface area contributed by atoms with Gasteiger partial charge in [-0.25, -0.2) is 0 Å². The van der Waals surface area contributed by atoms with Crippen molar-refractivity contribution in [2.75, 3.05) is 5.88 Å². The van der Waals surface area contributed by atoms with E-state index in [0.717, 1.165) is 33.6 Å². The summed E-state index contributed by atoms with van der Waals surface area (Å²) in [5, 5.41) is 1.80. The number of halogens is 2. The van der Waals surface area contributed by atoms with Crippen LogP contribution in [0.3, 0.4) is 0 Å². The normalized spacial score (nSPS) is 11.3. The molecule has 0 atom stereocenters. The van der Waals surface area contributed by atoms with Crippen molar-refractivity contribution < 1.29 is 0 Å². The molecule has 1 nitrogen and oxygen atoms in total. The summed E-state index contributed by atoms with van der Waals surface area (Å²) in [6, 6.07) is 8.75. The summed E-state index contributed by atoms with van der Waals surface area (Å²) in [4.78, 5) is 4.87. The maximum atomic E-state index is 6.68. The van der Waals surface area contributed by atoms with Crippen LogP contribution < -0.4 is 0 Å². The zero-order valence-corrected chi connectivity index (χ0v) is 16.9. The number of aryl methyl sites for hydroxylation is 5. The first kappa shape index (κ1) is 18.2. The molecule has 0 aliphatic carbocycles. The first-order valence-electron chi connectivity index (χ1n) is 8.57. The number of alkyl halides is 1. The number of rotatable bonds is 3. The topological polar surface area (TPSA) is 12.9 Å². The van der Waals surface area contributed by atoms with Gasteiger partial charge in [0.15, 0.2) is 0 Å². The van der Waals surface area contributed by atoms with Crippen LogP contribution in [-0.4, -0.2) is 10.9 Å². The SMILES string of the molecule is Cc1cc(C)c(-c2ccc3c(Cl)c(CCCl)c(C)nc3c2C)c(C)c1. The van der Waals surface area contributed by atoms with E-state index in [9.17, 15) is 0 Å². The molecule has 2 aromatic carbocycles. The van der Waals surface area contributed by atoms with Crippen molar-refractivity contribution in [2.45, 2.75) is 41.0 Å². The first-order valence-corrected chi connectivity index (χ1v) is 9.48. The number of benzene rings is 2. The highest BCUT2D eigenvalue weighted by atomic mass is 35.5. The second-order valence-electron chi connectivity index (χ2n) is 6.84. The van der Waals surface area contributed by atoms with Gasteiger partial charge in [0.2, 0.25) is 0 Å². The molecule has 0 bridgehead atoms. The van der Waals surface area contributed by atoms with Crippen molar-refractivity contribution >= 4 is 34.1 Å². The van der Waals surface area contributed by atoms with E-state index in [0.29, 0.717) is 5.88 Å². The van der Waals surface area contributed by atoms with Gasteiger partial charge in [0, 0.05) is 17.0 Å². The van der Waals surface area contributed by atoms with Gasteiger partial charge in [0.05, 0.1) is 10.5 Å². The van der Waals surface area contributed by atoms with Crippen LogP contribution in [0.25, 0.3) is 22.0 Å². The summed E-state index contributed by atoms with van der Waals surface area (Å²) >= 11 is 12.6. The monoisotopic (exact) mass is 371 g/mol. The average Bonchev–Trinajstić information content (AvgIpc) is 2.53. The predicted molar refractivity (Wildman–Crippen MR) is 110 cm³/mol. The van der Waals surface area contributed by atoms with E-state index in [1.54, 1.807) is 0 Å². The summed E-state index contributed by atoms with van der Waals surface area (Å²) in [7, 11) is 0. The Kier molecular flexibility index (Phi) is 5.09. The molecule has 0 amide bonds. The Morgan fingerprint density at radius 3 is 2.20 bits per heavy atom. The molecule has 25 heavy (non-hydrogen) atoms. The minimum Gasteiger partial charge on any atom is -0.252 e. The maximum absolute atomic E-state index is 6.68. The average molecular weight is 372 g/mol. The summed E-state index contributed by atoms with van der Waals surface area (Å²) < 4.78 is 0. The third kappa shape index (κ3) is 3.16. The third-order valence-electron chi connectivity index (χ3n) is 4.94. The van der Waals surface area contributed by atoms with E-state index < -0.39 is 0 Å². The Morgan fingerprint density at radius 1 is 0.960 bits per heavy atom. The van der Waals surface area contributed by atoms with Crippen LogP contribution in [0.2, 0.25) is 5.02 Å². The maximum Gasteiger partial charge on any atom is 0.0755 e. The highest BCUT2D eigenvalue weighted by molar-refractivity contribution is 6.36. The molecule has 3 heteroatoms. The van der Waals surface area contributed by atoms with E-state index in [4.69, 9.17) is 28.2 Å². The van der Waals surface area contributed by atoms with Gasteiger partial charge in [-0.1, -0.05) is 41.4 Å². The van der Waals surface area contributed by atoms with Crippen LogP contribution in [0, 0.1) is 34.6 Å². The van der Waals surface area contributed by atoms with E-state index in [-0.39, 0.29) is 0 Å². The van der Waals surface area contributed by atoms with Crippen molar-refractivity contribution in [3.8, 4) is 11.1 Å². The molecule has 0 saturated carbocycles. The molecule has 0 unspecified atom stereocenters. The first-order chi connectivity index (χ1) is 11.8. The lowest BCUT2D eigenvalue weighted by molar-refractivity contribution is 1.07. The van der Waals surface area contributed by atoms with Gasteiger partial charge in [0.25, 0.3) is 0 Å². The molecule has 0 aliphatic rings. The van der Waals surface area contributed by atoms with Gasteiger partial charge in [-0.15, -0.1) is 11.6 Å². The summed E-state index contributed by atoms with van der Waals surface area (Å²) in [5.41, 5.74) is 10.6. The van der Waals surface area contributed by atoms with Crippen molar-refractivity contribution in [3.05, 3.63) is 62.8 Å². The van der Waals surface area contributed by atoms with Crippen molar-refractivity contribution in [1.29, 1.82) is 0 Å². The van der Waals surface area contributed by atoms with Gasteiger partial charge in [0.1, 0.15) is 0 Å². The molecular weight excluding hydrogens is 349 g/mol. The zero-order valence-electron chi connectivity index (χ0n) is 15.4. The number of hydrogen-bond donors (Lipinski definition) is 0. The Bertz CT molecular complexity index is 951. The van der Waals surface area contributed by atoms with Crippen molar-refractivity contribution in [2.24, 2.45) is 0 Å². The Labute approximate surface area is 160 Å². The largest absolute Gasteiger partial charge is 0.252 e. The molecule has 0 spiro atoms. The Balaban J connectivity index is 2.31. The molecule has 0 radical (unpaired) electrons. The molecular formula is C22H23Cl2N. The molecule has 1 heterocycles. The van der Waals surface area contributed by atoms with Crippen molar-refractivity contribution in [3.63, 3.8) is 0 Å². The van der Waals surface area contributed by atoms with E-state index in [2.05, 4.69) is 52.0 Å². The van der Waals surface area contributed by atoms with E-state index in [1.165, 1.54) is 33.4 Å². The standard InChI is InChI=1S/C22H23Cl2N/c1-12-10-13(2)20(14(3)11-12)17-6-7-19-21(24)18(8-9-23)16(5)25-22(19)15(17)4/h6-7,10-11H,8-9H2,1-5H3. The summed E-state index contributed by atoms with van der Waals surface area (Å²) in [6.45, 7) is 10.6. The lowest BCUT2D eigenvalue weighted by atomic mass is 9.90.